The molecule has 1 unspecified atom stereocenters. The second-order valence-corrected chi connectivity index (χ2v) is 5.47. The largest absolute Gasteiger partial charge is 0.314 e. The molecule has 0 radical (unpaired) electrons. The lowest BCUT2D eigenvalue weighted by molar-refractivity contribution is 0.298. The van der Waals surface area contributed by atoms with Crippen molar-refractivity contribution in [3.63, 3.8) is 0 Å². The van der Waals surface area contributed by atoms with Gasteiger partial charge in [-0.2, -0.15) is 0 Å². The van der Waals surface area contributed by atoms with Crippen LogP contribution in [0.4, 0.5) is 0 Å². The van der Waals surface area contributed by atoms with Gasteiger partial charge in [0.25, 0.3) is 0 Å². The van der Waals surface area contributed by atoms with Crippen LogP contribution in [0.25, 0.3) is 0 Å². The Labute approximate surface area is 102 Å². The van der Waals surface area contributed by atoms with Crippen molar-refractivity contribution in [3.8, 4) is 0 Å². The van der Waals surface area contributed by atoms with Gasteiger partial charge in [0.2, 0.25) is 0 Å². The maximum absolute atomic E-state index is 3.71. The number of nitrogens with one attached hydrogen (secondary N) is 1. The van der Waals surface area contributed by atoms with Crippen molar-refractivity contribution in [2.45, 2.75) is 78.2 Å². The molecule has 1 atom stereocenters. The van der Waals surface area contributed by atoms with Crippen LogP contribution < -0.4 is 5.32 Å². The molecular weight excluding hydrogens is 194 g/mol. The molecule has 0 spiro atoms. The number of rotatable bonds is 8. The van der Waals surface area contributed by atoms with E-state index in [1.165, 1.54) is 51.4 Å². The van der Waals surface area contributed by atoms with E-state index < -0.39 is 0 Å². The molecule has 1 aliphatic rings. The van der Waals surface area contributed by atoms with Crippen molar-refractivity contribution < 1.29 is 0 Å². The quantitative estimate of drug-likeness (QED) is 0.647. The van der Waals surface area contributed by atoms with Gasteiger partial charge in [-0.05, 0) is 31.2 Å². The van der Waals surface area contributed by atoms with Gasteiger partial charge in [-0.3, -0.25) is 0 Å². The Morgan fingerprint density at radius 1 is 1.06 bits per heavy atom. The highest BCUT2D eigenvalue weighted by Crippen LogP contribution is 2.30. The second-order valence-electron chi connectivity index (χ2n) is 5.47. The van der Waals surface area contributed by atoms with E-state index in [0.29, 0.717) is 0 Å². The van der Waals surface area contributed by atoms with Crippen LogP contribution in [0.5, 0.6) is 0 Å². The van der Waals surface area contributed by atoms with Crippen molar-refractivity contribution in [2.75, 3.05) is 6.54 Å². The Balaban J connectivity index is 2.30. The third kappa shape index (κ3) is 4.45. The Morgan fingerprint density at radius 2 is 1.69 bits per heavy atom. The van der Waals surface area contributed by atoms with Crippen LogP contribution in [0.1, 0.15) is 72.1 Å². The zero-order valence-electron chi connectivity index (χ0n) is 11.6. The summed E-state index contributed by atoms with van der Waals surface area (Å²) in [5.41, 5.74) is 0. The minimum absolute atomic E-state index is 0.778. The first kappa shape index (κ1) is 14.0. The van der Waals surface area contributed by atoms with Gasteiger partial charge in [0, 0.05) is 6.04 Å². The predicted octanol–water partition coefficient (Wildman–Crippen LogP) is 4.37. The fourth-order valence-electron chi connectivity index (χ4n) is 3.34. The summed E-state index contributed by atoms with van der Waals surface area (Å²) < 4.78 is 0. The summed E-state index contributed by atoms with van der Waals surface area (Å²) >= 11 is 0. The highest BCUT2D eigenvalue weighted by molar-refractivity contribution is 4.77. The molecule has 96 valence electrons. The second kappa shape index (κ2) is 8.11. The van der Waals surface area contributed by atoms with E-state index in [9.17, 15) is 0 Å². The standard InChI is InChI=1S/C15H31N/c1-4-14(5-2)15(16-6-3)12-11-13-9-7-8-10-13/h13-16H,4-12H2,1-3H3. The van der Waals surface area contributed by atoms with Gasteiger partial charge < -0.3 is 5.32 Å². The Hall–Kier alpha value is -0.0400. The van der Waals surface area contributed by atoms with Crippen LogP contribution in [0.15, 0.2) is 0 Å². The summed E-state index contributed by atoms with van der Waals surface area (Å²) in [4.78, 5) is 0. The van der Waals surface area contributed by atoms with E-state index in [-0.39, 0.29) is 0 Å². The number of hydrogen-bond acceptors (Lipinski definition) is 1. The lowest BCUT2D eigenvalue weighted by atomic mass is 9.88. The highest BCUT2D eigenvalue weighted by Gasteiger charge is 2.20. The molecule has 0 heterocycles. The molecule has 0 aromatic heterocycles. The third-order valence-electron chi connectivity index (χ3n) is 4.44. The molecule has 1 aliphatic carbocycles. The normalized spacial score (nSPS) is 19.5. The maximum atomic E-state index is 3.71. The van der Waals surface area contributed by atoms with Crippen molar-refractivity contribution >= 4 is 0 Å². The van der Waals surface area contributed by atoms with Gasteiger partial charge >= 0.3 is 0 Å². The van der Waals surface area contributed by atoms with E-state index >= 15 is 0 Å². The van der Waals surface area contributed by atoms with E-state index in [0.717, 1.165) is 24.4 Å². The van der Waals surface area contributed by atoms with Crippen LogP contribution >= 0.6 is 0 Å². The van der Waals surface area contributed by atoms with Crippen LogP contribution in [0, 0.1) is 11.8 Å². The fourth-order valence-corrected chi connectivity index (χ4v) is 3.34. The van der Waals surface area contributed by atoms with E-state index in [2.05, 4.69) is 26.1 Å². The minimum atomic E-state index is 0.778. The van der Waals surface area contributed by atoms with Gasteiger partial charge in [0.15, 0.2) is 0 Å². The summed E-state index contributed by atoms with van der Waals surface area (Å²) in [6.07, 6.45) is 11.5. The monoisotopic (exact) mass is 225 g/mol. The molecule has 1 heteroatoms. The zero-order chi connectivity index (χ0) is 11.8. The number of hydrogen-bond donors (Lipinski definition) is 1. The molecule has 0 bridgehead atoms. The molecule has 1 N–H and O–H groups in total. The highest BCUT2D eigenvalue weighted by atomic mass is 14.9. The van der Waals surface area contributed by atoms with Gasteiger partial charge in [-0.1, -0.05) is 59.3 Å². The molecule has 0 aliphatic heterocycles. The van der Waals surface area contributed by atoms with Gasteiger partial charge in [-0.25, -0.2) is 0 Å². The van der Waals surface area contributed by atoms with Gasteiger partial charge in [0.05, 0.1) is 0 Å². The molecule has 1 saturated carbocycles. The lowest BCUT2D eigenvalue weighted by Gasteiger charge is -2.27. The minimum Gasteiger partial charge on any atom is -0.314 e. The molecule has 1 rings (SSSR count). The van der Waals surface area contributed by atoms with Crippen LogP contribution in [-0.2, 0) is 0 Å². The molecular formula is C15H31N. The predicted molar refractivity (Wildman–Crippen MR) is 72.7 cm³/mol. The summed E-state index contributed by atoms with van der Waals surface area (Å²) in [5.74, 6) is 1.94. The first-order chi connectivity index (χ1) is 7.81. The molecule has 0 aromatic rings. The average molecular weight is 225 g/mol. The molecule has 1 fully saturated rings. The van der Waals surface area contributed by atoms with E-state index in [1.807, 2.05) is 0 Å². The first-order valence-corrected chi connectivity index (χ1v) is 7.55. The van der Waals surface area contributed by atoms with Crippen LogP contribution in [0.2, 0.25) is 0 Å². The topological polar surface area (TPSA) is 12.0 Å². The smallest absolute Gasteiger partial charge is 0.00951 e. The summed E-state index contributed by atoms with van der Waals surface area (Å²) in [5, 5.41) is 3.71. The van der Waals surface area contributed by atoms with Gasteiger partial charge in [-0.15, -0.1) is 0 Å². The fraction of sp³-hybridized carbons (Fsp3) is 1.00. The van der Waals surface area contributed by atoms with Crippen molar-refractivity contribution in [1.29, 1.82) is 0 Å². The first-order valence-electron chi connectivity index (χ1n) is 7.55. The Kier molecular flexibility index (Phi) is 7.11. The summed E-state index contributed by atoms with van der Waals surface area (Å²) in [6, 6.07) is 0.778. The molecule has 0 aromatic carbocycles. The van der Waals surface area contributed by atoms with Crippen molar-refractivity contribution in [3.05, 3.63) is 0 Å². The molecule has 16 heavy (non-hydrogen) atoms. The van der Waals surface area contributed by atoms with Crippen LogP contribution in [-0.4, -0.2) is 12.6 Å². The SMILES string of the molecule is CCNC(CCC1CCCC1)C(CC)CC. The summed E-state index contributed by atoms with van der Waals surface area (Å²) in [6.45, 7) is 8.05. The summed E-state index contributed by atoms with van der Waals surface area (Å²) in [7, 11) is 0. The molecule has 1 nitrogen and oxygen atoms in total. The molecule has 0 saturated heterocycles. The third-order valence-corrected chi connectivity index (χ3v) is 4.44. The van der Waals surface area contributed by atoms with Gasteiger partial charge in [0.1, 0.15) is 0 Å². The van der Waals surface area contributed by atoms with E-state index in [1.54, 1.807) is 0 Å². The Bertz CT molecular complexity index is 157. The van der Waals surface area contributed by atoms with Crippen LogP contribution in [0.3, 0.4) is 0 Å². The molecule has 0 amide bonds. The zero-order valence-corrected chi connectivity index (χ0v) is 11.6. The lowest BCUT2D eigenvalue weighted by Crippen LogP contribution is -2.36. The van der Waals surface area contributed by atoms with E-state index in [4.69, 9.17) is 0 Å². The van der Waals surface area contributed by atoms with Crippen molar-refractivity contribution in [1.82, 2.24) is 5.32 Å². The van der Waals surface area contributed by atoms with Crippen molar-refractivity contribution in [2.24, 2.45) is 11.8 Å². The average Bonchev–Trinajstić information content (AvgIpc) is 2.80. The Morgan fingerprint density at radius 3 is 2.19 bits per heavy atom. The maximum Gasteiger partial charge on any atom is 0.00951 e.